The van der Waals surface area contributed by atoms with Gasteiger partial charge in [0.2, 0.25) is 0 Å². The van der Waals surface area contributed by atoms with Gasteiger partial charge in [0.1, 0.15) is 0 Å². The van der Waals surface area contributed by atoms with Crippen LogP contribution >= 0.6 is 11.6 Å². The molecule has 0 aliphatic heterocycles. The highest BCUT2D eigenvalue weighted by Gasteiger charge is 2.47. The number of hydrogen-bond acceptors (Lipinski definition) is 2. The molecule has 3 atom stereocenters. The summed E-state index contributed by atoms with van der Waals surface area (Å²) in [6.07, 6.45) is 4.53. The smallest absolute Gasteiger partial charge is 0.309 e. The molecule has 0 aromatic carbocycles. The lowest BCUT2D eigenvalue weighted by Gasteiger charge is -2.43. The second kappa shape index (κ2) is 5.96. The molecule has 0 amide bonds. The van der Waals surface area contributed by atoms with E-state index in [2.05, 4.69) is 19.2 Å². The van der Waals surface area contributed by atoms with Crippen molar-refractivity contribution in [2.75, 3.05) is 0 Å². The first-order valence-corrected chi connectivity index (χ1v) is 7.03. The third-order valence-electron chi connectivity index (χ3n) is 3.73. The fraction of sp³-hybridized carbons (Fsp3) is 0.562. The number of allylic oxidation sites excluding steroid dienone is 2. The van der Waals surface area contributed by atoms with Crippen molar-refractivity contribution < 1.29 is 9.53 Å². The Balaban J connectivity index is 3.18. The van der Waals surface area contributed by atoms with Gasteiger partial charge < -0.3 is 4.74 Å². The number of carbonyl (C=O) groups is 1. The summed E-state index contributed by atoms with van der Waals surface area (Å²) in [5.74, 6) is -0.373. The van der Waals surface area contributed by atoms with Crippen LogP contribution in [0.2, 0.25) is 0 Å². The average molecular weight is 283 g/mol. The first kappa shape index (κ1) is 16.0. The van der Waals surface area contributed by atoms with E-state index in [0.29, 0.717) is 0 Å². The van der Waals surface area contributed by atoms with E-state index in [0.717, 1.165) is 17.6 Å². The summed E-state index contributed by atoms with van der Waals surface area (Å²) in [4.78, 5) is 12.0. The summed E-state index contributed by atoms with van der Waals surface area (Å²) in [5, 5.41) is -0.366. The number of carbonyl (C=O) groups excluding carboxylic acids is 1. The highest BCUT2D eigenvalue weighted by atomic mass is 35.5. The van der Waals surface area contributed by atoms with Crippen molar-refractivity contribution in [2.45, 2.75) is 45.1 Å². The highest BCUT2D eigenvalue weighted by molar-refractivity contribution is 6.22. The Morgan fingerprint density at radius 2 is 2.21 bits per heavy atom. The molecule has 0 unspecified atom stereocenters. The largest absolute Gasteiger partial charge is 0.448 e. The topological polar surface area (TPSA) is 26.3 Å². The van der Waals surface area contributed by atoms with Gasteiger partial charge in [-0.15, -0.1) is 11.6 Å². The summed E-state index contributed by atoms with van der Waals surface area (Å²) in [6.45, 7) is 15.3. The molecule has 106 valence electrons. The molecule has 0 spiro atoms. The molecule has 0 N–H and O–H groups in total. The molecule has 0 heterocycles. The maximum Gasteiger partial charge on any atom is 0.309 e. The van der Waals surface area contributed by atoms with Crippen LogP contribution in [-0.4, -0.2) is 16.9 Å². The van der Waals surface area contributed by atoms with Gasteiger partial charge in [0.05, 0.1) is 11.3 Å². The third-order valence-corrected chi connectivity index (χ3v) is 4.36. The maximum atomic E-state index is 12.0. The zero-order chi connectivity index (χ0) is 14.8. The minimum absolute atomic E-state index is 0.0864. The van der Waals surface area contributed by atoms with Crippen LogP contribution in [0.15, 0.2) is 36.5 Å². The van der Waals surface area contributed by atoms with Crippen molar-refractivity contribution in [1.82, 2.24) is 0 Å². The normalized spacial score (nSPS) is 30.7. The quantitative estimate of drug-likeness (QED) is 0.437. The molecule has 0 fully saturated rings. The molecular formula is C16H23ClO2. The SMILES string of the molecule is C=C[C@]1(OC(=O)C(C)C)C(C)=CC[C@H](C(=C)C)[C@H]1Cl. The Bertz CT molecular complexity index is 422. The molecule has 1 aliphatic carbocycles. The van der Waals surface area contributed by atoms with E-state index in [4.69, 9.17) is 16.3 Å². The predicted molar refractivity (Wildman–Crippen MR) is 80.2 cm³/mol. The van der Waals surface area contributed by atoms with E-state index in [1.807, 2.05) is 13.8 Å². The molecule has 0 saturated heterocycles. The van der Waals surface area contributed by atoms with Crippen molar-refractivity contribution in [1.29, 1.82) is 0 Å². The zero-order valence-corrected chi connectivity index (χ0v) is 13.0. The number of ether oxygens (including phenoxy) is 1. The van der Waals surface area contributed by atoms with Crippen molar-refractivity contribution in [3.63, 3.8) is 0 Å². The van der Waals surface area contributed by atoms with Gasteiger partial charge in [0.15, 0.2) is 5.60 Å². The minimum Gasteiger partial charge on any atom is -0.448 e. The van der Waals surface area contributed by atoms with Gasteiger partial charge >= 0.3 is 5.97 Å². The zero-order valence-electron chi connectivity index (χ0n) is 12.2. The van der Waals surface area contributed by atoms with Crippen LogP contribution in [0, 0.1) is 11.8 Å². The first-order valence-electron chi connectivity index (χ1n) is 6.59. The number of esters is 1. The van der Waals surface area contributed by atoms with Crippen LogP contribution in [-0.2, 0) is 9.53 Å². The van der Waals surface area contributed by atoms with Crippen LogP contribution < -0.4 is 0 Å². The van der Waals surface area contributed by atoms with Crippen molar-refractivity contribution >= 4 is 17.6 Å². The lowest BCUT2D eigenvalue weighted by molar-refractivity contribution is -0.157. The number of halogens is 1. The van der Waals surface area contributed by atoms with E-state index in [9.17, 15) is 4.79 Å². The van der Waals surface area contributed by atoms with Gasteiger partial charge in [-0.1, -0.05) is 38.7 Å². The average Bonchev–Trinajstić information content (AvgIpc) is 2.33. The summed E-state index contributed by atoms with van der Waals surface area (Å²) < 4.78 is 5.70. The van der Waals surface area contributed by atoms with Gasteiger partial charge in [-0.25, -0.2) is 0 Å². The summed E-state index contributed by atoms with van der Waals surface area (Å²) in [6, 6.07) is 0. The van der Waals surface area contributed by atoms with Crippen LogP contribution in [0.5, 0.6) is 0 Å². The fourth-order valence-corrected chi connectivity index (χ4v) is 2.91. The predicted octanol–water partition coefficient (Wildman–Crippen LogP) is 4.26. The summed E-state index contributed by atoms with van der Waals surface area (Å²) in [7, 11) is 0. The number of rotatable bonds is 4. The van der Waals surface area contributed by atoms with E-state index < -0.39 is 5.60 Å². The second-order valence-corrected chi connectivity index (χ2v) is 6.02. The second-order valence-electron chi connectivity index (χ2n) is 5.55. The van der Waals surface area contributed by atoms with E-state index in [1.54, 1.807) is 19.9 Å². The van der Waals surface area contributed by atoms with Crippen LogP contribution in [0.4, 0.5) is 0 Å². The molecule has 0 radical (unpaired) electrons. The Morgan fingerprint density at radius 1 is 1.63 bits per heavy atom. The third kappa shape index (κ3) is 2.94. The summed E-state index contributed by atoms with van der Waals surface area (Å²) >= 11 is 6.59. The maximum absolute atomic E-state index is 12.0. The molecule has 0 saturated carbocycles. The van der Waals surface area contributed by atoms with Crippen molar-refractivity contribution in [3.8, 4) is 0 Å². The summed E-state index contributed by atoms with van der Waals surface area (Å²) in [5.41, 5.74) is 1.01. The standard InChI is InChI=1S/C16H23ClO2/c1-7-16(19-15(18)11(4)5)12(6)8-9-13(10(2)3)14(16)17/h7-8,11,13-14H,1-2,9H2,3-6H3/t13-,14-,16+/m1/s1. The van der Waals surface area contributed by atoms with Crippen molar-refractivity contribution in [3.05, 3.63) is 36.5 Å². The van der Waals surface area contributed by atoms with Gasteiger partial charge in [0.25, 0.3) is 0 Å². The number of alkyl halides is 1. The lowest BCUT2D eigenvalue weighted by atomic mass is 9.75. The molecule has 1 aliphatic rings. The van der Waals surface area contributed by atoms with Crippen LogP contribution in [0.1, 0.15) is 34.1 Å². The minimum atomic E-state index is -0.926. The van der Waals surface area contributed by atoms with Gasteiger partial charge in [-0.2, -0.15) is 0 Å². The molecule has 0 bridgehead atoms. The molecule has 0 aromatic heterocycles. The Kier molecular flexibility index (Phi) is 5.03. The first-order chi connectivity index (χ1) is 8.76. The van der Waals surface area contributed by atoms with E-state index in [-0.39, 0.29) is 23.2 Å². The van der Waals surface area contributed by atoms with Crippen molar-refractivity contribution in [2.24, 2.45) is 11.8 Å². The highest BCUT2D eigenvalue weighted by Crippen LogP contribution is 2.43. The molecule has 0 aromatic rings. The van der Waals surface area contributed by atoms with Gasteiger partial charge in [0, 0.05) is 5.92 Å². The van der Waals surface area contributed by atoms with E-state index in [1.165, 1.54) is 0 Å². The Morgan fingerprint density at radius 3 is 2.63 bits per heavy atom. The van der Waals surface area contributed by atoms with Gasteiger partial charge in [-0.05, 0) is 31.9 Å². The molecular weight excluding hydrogens is 260 g/mol. The number of hydrogen-bond donors (Lipinski definition) is 0. The van der Waals surface area contributed by atoms with Crippen LogP contribution in [0.3, 0.4) is 0 Å². The molecule has 3 heteroatoms. The van der Waals surface area contributed by atoms with Crippen LogP contribution in [0.25, 0.3) is 0 Å². The molecule has 2 nitrogen and oxygen atoms in total. The Hall–Kier alpha value is -1.02. The fourth-order valence-electron chi connectivity index (χ4n) is 2.29. The molecule has 19 heavy (non-hydrogen) atoms. The lowest BCUT2D eigenvalue weighted by Crippen LogP contribution is -2.49. The monoisotopic (exact) mass is 282 g/mol. The Labute approximate surface area is 121 Å². The van der Waals surface area contributed by atoms with Gasteiger partial charge in [-0.3, -0.25) is 4.79 Å². The van der Waals surface area contributed by atoms with E-state index >= 15 is 0 Å². The molecule has 1 rings (SSSR count).